The van der Waals surface area contributed by atoms with Crippen LogP contribution in [0.1, 0.15) is 45.1 Å². The van der Waals surface area contributed by atoms with Gasteiger partial charge in [0.15, 0.2) is 0 Å². The van der Waals surface area contributed by atoms with Crippen LogP contribution in [0.25, 0.3) is 10.9 Å². The second kappa shape index (κ2) is 6.12. The van der Waals surface area contributed by atoms with Gasteiger partial charge in [0.05, 0.1) is 5.92 Å². The van der Waals surface area contributed by atoms with E-state index in [2.05, 4.69) is 25.8 Å². The van der Waals surface area contributed by atoms with Crippen LogP contribution >= 0.6 is 0 Å². The summed E-state index contributed by atoms with van der Waals surface area (Å²) in [5.41, 5.74) is 1.91. The monoisotopic (exact) mass is 273 g/mol. The maximum absolute atomic E-state index is 11.8. The number of H-pyrrole nitrogens is 1. The summed E-state index contributed by atoms with van der Waals surface area (Å²) < 4.78 is 0. The van der Waals surface area contributed by atoms with Crippen LogP contribution < -0.4 is 0 Å². The standard InChI is InChI=1S/C17H23NO2/c1-4-12(5-2)11(3)16(17(19)20)14-10-18-15-9-7-6-8-13(14)15/h6-12,16,18H,4-5H2,1-3H3,(H,19,20). The molecule has 1 aromatic carbocycles. The number of nitrogens with one attached hydrogen (secondary N) is 1. The molecule has 2 atom stereocenters. The van der Waals surface area contributed by atoms with Gasteiger partial charge in [-0.3, -0.25) is 4.79 Å². The van der Waals surface area contributed by atoms with E-state index in [1.165, 1.54) is 0 Å². The topological polar surface area (TPSA) is 53.1 Å². The lowest BCUT2D eigenvalue weighted by molar-refractivity contribution is -0.140. The molecule has 0 radical (unpaired) electrons. The molecule has 2 aromatic rings. The first kappa shape index (κ1) is 14.6. The van der Waals surface area contributed by atoms with Gasteiger partial charge in [-0.05, 0) is 23.5 Å². The molecule has 20 heavy (non-hydrogen) atoms. The number of carboxylic acid groups (broad SMARTS) is 1. The van der Waals surface area contributed by atoms with Crippen molar-refractivity contribution in [3.8, 4) is 0 Å². The fourth-order valence-electron chi connectivity index (χ4n) is 3.30. The Bertz CT molecular complexity index is 583. The molecule has 3 heteroatoms. The molecule has 1 heterocycles. The Morgan fingerprint density at radius 3 is 2.50 bits per heavy atom. The van der Waals surface area contributed by atoms with Crippen LogP contribution in [0.3, 0.4) is 0 Å². The van der Waals surface area contributed by atoms with Crippen LogP contribution in [-0.4, -0.2) is 16.1 Å². The van der Waals surface area contributed by atoms with Crippen LogP contribution in [0.5, 0.6) is 0 Å². The molecule has 0 fully saturated rings. The Morgan fingerprint density at radius 1 is 1.25 bits per heavy atom. The van der Waals surface area contributed by atoms with E-state index in [0.717, 1.165) is 29.3 Å². The lowest BCUT2D eigenvalue weighted by atomic mass is 9.77. The lowest BCUT2D eigenvalue weighted by Gasteiger charge is -2.27. The number of aromatic amines is 1. The number of carboxylic acids is 1. The van der Waals surface area contributed by atoms with E-state index < -0.39 is 11.9 Å². The molecule has 0 amide bonds. The second-order valence-corrected chi connectivity index (χ2v) is 5.54. The van der Waals surface area contributed by atoms with Crippen molar-refractivity contribution in [2.45, 2.75) is 39.5 Å². The normalized spacial score (nSPS) is 14.6. The van der Waals surface area contributed by atoms with E-state index in [0.29, 0.717) is 5.92 Å². The summed E-state index contributed by atoms with van der Waals surface area (Å²) in [7, 11) is 0. The quantitative estimate of drug-likeness (QED) is 0.819. The third-order valence-corrected chi connectivity index (χ3v) is 4.54. The number of aliphatic carboxylic acids is 1. The zero-order valence-corrected chi connectivity index (χ0v) is 12.4. The number of aromatic nitrogens is 1. The van der Waals surface area contributed by atoms with Crippen LogP contribution in [-0.2, 0) is 4.79 Å². The minimum absolute atomic E-state index is 0.127. The third-order valence-electron chi connectivity index (χ3n) is 4.54. The van der Waals surface area contributed by atoms with Gasteiger partial charge in [-0.2, -0.15) is 0 Å². The molecule has 1 aromatic heterocycles. The highest BCUT2D eigenvalue weighted by atomic mass is 16.4. The molecule has 2 rings (SSSR count). The van der Waals surface area contributed by atoms with E-state index in [1.54, 1.807) is 0 Å². The number of benzene rings is 1. The predicted octanol–water partition coefficient (Wildman–Crippen LogP) is 4.41. The molecule has 108 valence electrons. The Morgan fingerprint density at radius 2 is 1.90 bits per heavy atom. The molecule has 2 unspecified atom stereocenters. The van der Waals surface area contributed by atoms with Gasteiger partial charge in [-0.25, -0.2) is 0 Å². The number of hydrogen-bond donors (Lipinski definition) is 2. The Labute approximate surface area is 120 Å². The molecule has 3 nitrogen and oxygen atoms in total. The van der Waals surface area contributed by atoms with Gasteiger partial charge in [0.2, 0.25) is 0 Å². The van der Waals surface area contributed by atoms with Gasteiger partial charge in [0.1, 0.15) is 0 Å². The summed E-state index contributed by atoms with van der Waals surface area (Å²) >= 11 is 0. The van der Waals surface area contributed by atoms with E-state index in [-0.39, 0.29) is 5.92 Å². The molecule has 2 N–H and O–H groups in total. The molecule has 0 spiro atoms. The van der Waals surface area contributed by atoms with Crippen LogP contribution in [0.4, 0.5) is 0 Å². The van der Waals surface area contributed by atoms with E-state index in [4.69, 9.17) is 0 Å². The first-order valence-corrected chi connectivity index (χ1v) is 7.38. The lowest BCUT2D eigenvalue weighted by Crippen LogP contribution is -2.25. The van der Waals surface area contributed by atoms with Gasteiger partial charge in [0, 0.05) is 17.1 Å². The van der Waals surface area contributed by atoms with Crippen LogP contribution in [0.15, 0.2) is 30.5 Å². The van der Waals surface area contributed by atoms with Crippen molar-refractivity contribution in [3.05, 3.63) is 36.0 Å². The maximum atomic E-state index is 11.8. The van der Waals surface area contributed by atoms with Crippen LogP contribution in [0, 0.1) is 11.8 Å². The zero-order valence-electron chi connectivity index (χ0n) is 12.4. The Balaban J connectivity index is 2.45. The average Bonchev–Trinajstić information content (AvgIpc) is 2.84. The Hall–Kier alpha value is -1.77. The molecule has 0 aliphatic heterocycles. The summed E-state index contributed by atoms with van der Waals surface area (Å²) in [6.45, 7) is 6.34. The van der Waals surface area contributed by atoms with Gasteiger partial charge in [-0.15, -0.1) is 0 Å². The predicted molar refractivity (Wildman–Crippen MR) is 81.9 cm³/mol. The molecular weight excluding hydrogens is 250 g/mol. The first-order valence-electron chi connectivity index (χ1n) is 7.38. The second-order valence-electron chi connectivity index (χ2n) is 5.54. The Kier molecular flexibility index (Phi) is 4.48. The summed E-state index contributed by atoms with van der Waals surface area (Å²) in [6.07, 6.45) is 3.90. The molecular formula is C17H23NO2. The fourth-order valence-corrected chi connectivity index (χ4v) is 3.30. The molecule has 0 aliphatic rings. The maximum Gasteiger partial charge on any atom is 0.311 e. The van der Waals surface area contributed by atoms with Crippen molar-refractivity contribution in [3.63, 3.8) is 0 Å². The van der Waals surface area contributed by atoms with Crippen molar-refractivity contribution in [1.29, 1.82) is 0 Å². The van der Waals surface area contributed by atoms with E-state index in [1.807, 2.05) is 30.5 Å². The number of rotatable bonds is 6. The zero-order chi connectivity index (χ0) is 14.7. The fraction of sp³-hybridized carbons (Fsp3) is 0.471. The third kappa shape index (κ3) is 2.58. The number of hydrogen-bond acceptors (Lipinski definition) is 1. The smallest absolute Gasteiger partial charge is 0.311 e. The van der Waals surface area contributed by atoms with Crippen molar-refractivity contribution in [1.82, 2.24) is 4.98 Å². The van der Waals surface area contributed by atoms with Gasteiger partial charge >= 0.3 is 5.97 Å². The van der Waals surface area contributed by atoms with E-state index in [9.17, 15) is 9.90 Å². The summed E-state index contributed by atoms with van der Waals surface area (Å²) in [6, 6.07) is 7.90. The number of fused-ring (bicyclic) bond motifs is 1. The van der Waals surface area contributed by atoms with Crippen LogP contribution in [0.2, 0.25) is 0 Å². The molecule has 0 aliphatic carbocycles. The SMILES string of the molecule is CCC(CC)C(C)C(C(=O)O)c1c[nH]c2ccccc12. The molecule has 0 saturated carbocycles. The average molecular weight is 273 g/mol. The highest BCUT2D eigenvalue weighted by molar-refractivity contribution is 5.89. The minimum atomic E-state index is -0.728. The summed E-state index contributed by atoms with van der Waals surface area (Å²) in [5, 5.41) is 10.7. The highest BCUT2D eigenvalue weighted by Gasteiger charge is 2.32. The summed E-state index contributed by atoms with van der Waals surface area (Å²) in [4.78, 5) is 15.0. The molecule has 0 bridgehead atoms. The van der Waals surface area contributed by atoms with Crippen molar-refractivity contribution in [2.75, 3.05) is 0 Å². The van der Waals surface area contributed by atoms with Crippen molar-refractivity contribution >= 4 is 16.9 Å². The van der Waals surface area contributed by atoms with Crippen molar-refractivity contribution in [2.24, 2.45) is 11.8 Å². The van der Waals surface area contributed by atoms with Gasteiger partial charge < -0.3 is 10.1 Å². The summed E-state index contributed by atoms with van der Waals surface area (Å²) in [5.74, 6) is -0.614. The van der Waals surface area contributed by atoms with Gasteiger partial charge in [-0.1, -0.05) is 51.8 Å². The highest BCUT2D eigenvalue weighted by Crippen LogP contribution is 2.36. The van der Waals surface area contributed by atoms with Gasteiger partial charge in [0.25, 0.3) is 0 Å². The number of para-hydroxylation sites is 1. The van der Waals surface area contributed by atoms with E-state index >= 15 is 0 Å². The first-order chi connectivity index (χ1) is 9.60. The van der Waals surface area contributed by atoms with Crippen molar-refractivity contribution < 1.29 is 9.90 Å². The minimum Gasteiger partial charge on any atom is -0.481 e. The molecule has 0 saturated heterocycles. The number of carbonyl (C=O) groups is 1. The largest absolute Gasteiger partial charge is 0.481 e.